The van der Waals surface area contributed by atoms with Gasteiger partial charge in [-0.25, -0.2) is 4.39 Å². The SMILES string of the molecule is COc1cc(-c2cc(OC)c(B3OC(C)(C)C(C)(C)O3)cc2F)cnn1. The van der Waals surface area contributed by atoms with Gasteiger partial charge >= 0.3 is 7.12 Å². The number of hydrogen-bond acceptors (Lipinski definition) is 6. The highest BCUT2D eigenvalue weighted by molar-refractivity contribution is 6.63. The van der Waals surface area contributed by atoms with Crippen LogP contribution in [0.1, 0.15) is 27.7 Å². The summed E-state index contributed by atoms with van der Waals surface area (Å²) in [6.45, 7) is 7.77. The van der Waals surface area contributed by atoms with Crippen LogP contribution in [0.3, 0.4) is 0 Å². The van der Waals surface area contributed by atoms with E-state index in [-0.39, 0.29) is 0 Å². The molecule has 0 saturated carbocycles. The summed E-state index contributed by atoms with van der Waals surface area (Å²) >= 11 is 0. The fraction of sp³-hybridized carbons (Fsp3) is 0.444. The molecule has 0 atom stereocenters. The predicted octanol–water partition coefficient (Wildman–Crippen LogP) is 2.60. The zero-order valence-electron chi connectivity index (χ0n) is 15.8. The third kappa shape index (κ3) is 3.15. The van der Waals surface area contributed by atoms with Crippen molar-refractivity contribution in [1.29, 1.82) is 0 Å². The molecule has 6 nitrogen and oxygen atoms in total. The first-order valence-corrected chi connectivity index (χ1v) is 8.28. The zero-order valence-corrected chi connectivity index (χ0v) is 15.8. The van der Waals surface area contributed by atoms with Crippen LogP contribution in [0.2, 0.25) is 0 Å². The molecule has 0 amide bonds. The van der Waals surface area contributed by atoms with E-state index in [2.05, 4.69) is 10.2 Å². The summed E-state index contributed by atoms with van der Waals surface area (Å²) in [4.78, 5) is 0. The van der Waals surface area contributed by atoms with Crippen LogP contribution in [0.5, 0.6) is 11.6 Å². The maximum atomic E-state index is 14.9. The van der Waals surface area contributed by atoms with Gasteiger partial charge in [-0.05, 0) is 39.8 Å². The highest BCUT2D eigenvalue weighted by Crippen LogP contribution is 2.38. The molecule has 1 saturated heterocycles. The van der Waals surface area contributed by atoms with Gasteiger partial charge in [0.25, 0.3) is 0 Å². The van der Waals surface area contributed by atoms with Gasteiger partial charge in [-0.3, -0.25) is 0 Å². The minimum absolute atomic E-state index is 0.302. The predicted molar refractivity (Wildman–Crippen MR) is 96.2 cm³/mol. The average molecular weight is 360 g/mol. The molecule has 0 N–H and O–H groups in total. The van der Waals surface area contributed by atoms with Crippen molar-refractivity contribution in [2.24, 2.45) is 0 Å². The molecule has 1 aliphatic rings. The first kappa shape index (κ1) is 18.6. The van der Waals surface area contributed by atoms with Crippen LogP contribution in [0.4, 0.5) is 4.39 Å². The summed E-state index contributed by atoms with van der Waals surface area (Å²) in [5.74, 6) is 0.331. The first-order valence-electron chi connectivity index (χ1n) is 8.28. The van der Waals surface area contributed by atoms with Gasteiger partial charge in [0.1, 0.15) is 11.6 Å². The summed E-state index contributed by atoms with van der Waals surface area (Å²) in [5, 5.41) is 7.64. The fourth-order valence-electron chi connectivity index (χ4n) is 2.72. The fourth-order valence-corrected chi connectivity index (χ4v) is 2.72. The highest BCUT2D eigenvalue weighted by atomic mass is 19.1. The number of aromatic nitrogens is 2. The quantitative estimate of drug-likeness (QED) is 0.781. The molecule has 8 heteroatoms. The normalized spacial score (nSPS) is 18.0. The molecule has 26 heavy (non-hydrogen) atoms. The average Bonchev–Trinajstić information content (AvgIpc) is 2.82. The maximum Gasteiger partial charge on any atom is 0.498 e. The molecule has 0 unspecified atom stereocenters. The molecule has 1 aromatic carbocycles. The van der Waals surface area contributed by atoms with Crippen molar-refractivity contribution in [3.63, 3.8) is 0 Å². The van der Waals surface area contributed by atoms with Gasteiger partial charge in [0.15, 0.2) is 0 Å². The van der Waals surface area contributed by atoms with Crippen molar-refractivity contribution in [1.82, 2.24) is 10.2 Å². The Bertz CT molecular complexity index is 813. The topological polar surface area (TPSA) is 62.7 Å². The van der Waals surface area contributed by atoms with E-state index in [4.69, 9.17) is 18.8 Å². The Labute approximate surface area is 152 Å². The van der Waals surface area contributed by atoms with Crippen molar-refractivity contribution < 1.29 is 23.2 Å². The summed E-state index contributed by atoms with van der Waals surface area (Å²) in [6, 6.07) is 4.59. The van der Waals surface area contributed by atoms with Gasteiger partial charge in [-0.1, -0.05) is 0 Å². The Morgan fingerprint density at radius 2 is 1.65 bits per heavy atom. The molecule has 0 radical (unpaired) electrons. The van der Waals surface area contributed by atoms with E-state index in [9.17, 15) is 4.39 Å². The van der Waals surface area contributed by atoms with Gasteiger partial charge < -0.3 is 18.8 Å². The van der Waals surface area contributed by atoms with E-state index in [0.717, 1.165) is 0 Å². The van der Waals surface area contributed by atoms with E-state index in [1.807, 2.05) is 27.7 Å². The van der Waals surface area contributed by atoms with Crippen LogP contribution in [-0.4, -0.2) is 42.7 Å². The Kier molecular flexibility index (Phi) is 4.66. The highest BCUT2D eigenvalue weighted by Gasteiger charge is 2.52. The second kappa shape index (κ2) is 6.52. The summed E-state index contributed by atoms with van der Waals surface area (Å²) in [6.07, 6.45) is 1.47. The monoisotopic (exact) mass is 360 g/mol. The molecule has 0 bridgehead atoms. The molecular weight excluding hydrogens is 338 g/mol. The minimum atomic E-state index is -0.719. The van der Waals surface area contributed by atoms with E-state index in [1.54, 1.807) is 12.1 Å². The van der Waals surface area contributed by atoms with Crippen molar-refractivity contribution in [3.8, 4) is 22.8 Å². The van der Waals surface area contributed by atoms with Crippen LogP contribution in [-0.2, 0) is 9.31 Å². The molecule has 3 rings (SSSR count). The second-order valence-corrected chi connectivity index (χ2v) is 7.15. The number of methoxy groups -OCH3 is 2. The van der Waals surface area contributed by atoms with Gasteiger partial charge in [0.05, 0.1) is 31.6 Å². The van der Waals surface area contributed by atoms with Gasteiger partial charge in [0, 0.05) is 22.7 Å². The van der Waals surface area contributed by atoms with Gasteiger partial charge in [-0.15, -0.1) is 5.10 Å². The summed E-state index contributed by atoms with van der Waals surface area (Å²) in [5.41, 5.74) is 0.310. The summed E-state index contributed by atoms with van der Waals surface area (Å²) in [7, 11) is 2.28. The van der Waals surface area contributed by atoms with E-state index in [1.165, 1.54) is 26.5 Å². The van der Waals surface area contributed by atoms with Crippen molar-refractivity contribution in [3.05, 3.63) is 30.2 Å². The molecular formula is C18H22BFN2O4. The number of nitrogens with zero attached hydrogens (tertiary/aromatic N) is 2. The van der Waals surface area contributed by atoms with E-state index >= 15 is 0 Å². The lowest BCUT2D eigenvalue weighted by Gasteiger charge is -2.32. The maximum absolute atomic E-state index is 14.9. The molecule has 2 heterocycles. The Hall–Kier alpha value is -2.19. The summed E-state index contributed by atoms with van der Waals surface area (Å²) < 4.78 is 37.4. The Balaban J connectivity index is 2.03. The number of ether oxygens (including phenoxy) is 2. The second-order valence-electron chi connectivity index (χ2n) is 7.15. The lowest BCUT2D eigenvalue weighted by Crippen LogP contribution is -2.41. The molecule has 1 aromatic heterocycles. The third-order valence-electron chi connectivity index (χ3n) is 4.98. The lowest BCUT2D eigenvalue weighted by molar-refractivity contribution is 0.00578. The Morgan fingerprint density at radius 1 is 1.00 bits per heavy atom. The van der Waals surface area contributed by atoms with Crippen molar-refractivity contribution in [2.45, 2.75) is 38.9 Å². The van der Waals surface area contributed by atoms with Gasteiger partial charge in [0.2, 0.25) is 5.88 Å². The largest absolute Gasteiger partial charge is 0.498 e. The number of hydrogen-bond donors (Lipinski definition) is 0. The number of rotatable bonds is 4. The first-order chi connectivity index (χ1) is 12.2. The molecule has 1 aliphatic heterocycles. The number of benzene rings is 1. The third-order valence-corrected chi connectivity index (χ3v) is 4.98. The van der Waals surface area contributed by atoms with Crippen LogP contribution >= 0.6 is 0 Å². The molecule has 0 aliphatic carbocycles. The van der Waals surface area contributed by atoms with Crippen LogP contribution < -0.4 is 14.9 Å². The smallest absolute Gasteiger partial charge is 0.497 e. The molecule has 138 valence electrons. The molecule has 2 aromatic rings. The van der Waals surface area contributed by atoms with Gasteiger partial charge in [-0.2, -0.15) is 5.10 Å². The van der Waals surface area contributed by atoms with Crippen LogP contribution in [0.15, 0.2) is 24.4 Å². The minimum Gasteiger partial charge on any atom is -0.497 e. The van der Waals surface area contributed by atoms with E-state index < -0.39 is 24.1 Å². The van der Waals surface area contributed by atoms with Crippen molar-refractivity contribution in [2.75, 3.05) is 14.2 Å². The lowest BCUT2D eigenvalue weighted by atomic mass is 9.77. The number of halogens is 1. The van der Waals surface area contributed by atoms with Crippen molar-refractivity contribution >= 4 is 12.6 Å². The zero-order chi connectivity index (χ0) is 19.1. The van der Waals surface area contributed by atoms with E-state index in [0.29, 0.717) is 28.2 Å². The Morgan fingerprint density at radius 3 is 2.23 bits per heavy atom. The molecule has 1 fully saturated rings. The standard InChI is InChI=1S/C18H22BFN2O4/c1-17(2)18(3,4)26-19(25-17)13-9-14(20)12(8-15(13)23-5)11-7-16(24-6)22-21-10-11/h7-10H,1-6H3. The van der Waals surface area contributed by atoms with Crippen LogP contribution in [0, 0.1) is 5.82 Å². The molecule has 0 spiro atoms. The van der Waals surface area contributed by atoms with Crippen LogP contribution in [0.25, 0.3) is 11.1 Å².